The van der Waals surface area contributed by atoms with Crippen molar-refractivity contribution < 1.29 is 23.5 Å². The van der Waals surface area contributed by atoms with E-state index in [0.29, 0.717) is 40.5 Å². The van der Waals surface area contributed by atoms with Crippen molar-refractivity contribution in [1.82, 2.24) is 14.9 Å². The largest absolute Gasteiger partial charge is 0.491 e. The number of hydrogen-bond donors (Lipinski definition) is 2. The first-order valence-electron chi connectivity index (χ1n) is 11.0. The first-order valence-corrected chi connectivity index (χ1v) is 11.0. The average Bonchev–Trinajstić information content (AvgIpc) is 2.85. The molecule has 1 aliphatic carbocycles. The molecule has 2 heterocycles. The predicted octanol–water partition coefficient (Wildman–Crippen LogP) is 2.98. The summed E-state index contributed by atoms with van der Waals surface area (Å²) in [7, 11) is 0. The van der Waals surface area contributed by atoms with Gasteiger partial charge in [-0.1, -0.05) is 6.58 Å². The van der Waals surface area contributed by atoms with E-state index in [1.165, 1.54) is 18.5 Å². The number of allylic oxidation sites excluding steroid dienone is 4. The summed E-state index contributed by atoms with van der Waals surface area (Å²) in [5.41, 5.74) is 1.54. The van der Waals surface area contributed by atoms with Gasteiger partial charge >= 0.3 is 0 Å². The van der Waals surface area contributed by atoms with Crippen molar-refractivity contribution in [2.75, 3.05) is 50.1 Å². The molecule has 9 nitrogen and oxygen atoms in total. The predicted molar refractivity (Wildman–Crippen MR) is 126 cm³/mol. The number of anilines is 2. The van der Waals surface area contributed by atoms with E-state index in [9.17, 15) is 14.0 Å². The molecule has 0 radical (unpaired) electrons. The number of rotatable bonds is 9. The standard InChI is InChI=1S/C24H26FN5O4/c1-2-23(32)29-20-13-17-19(14-22(20)34-9-3-6-30-7-10-33-11-8-30)26-15-27-24(17)28-16-4-5-18(25)21(31)12-16/h2,4-5,13-15H,1,3,6-12H2,(H,29,32)(H,26,27,28). The summed E-state index contributed by atoms with van der Waals surface area (Å²) in [5, 5.41) is 6.43. The number of halogens is 1. The third-order valence-corrected chi connectivity index (χ3v) is 5.49. The highest BCUT2D eigenvalue weighted by molar-refractivity contribution is 6.03. The van der Waals surface area contributed by atoms with E-state index in [1.54, 1.807) is 12.1 Å². The van der Waals surface area contributed by atoms with Crippen LogP contribution in [0.4, 0.5) is 15.9 Å². The lowest BCUT2D eigenvalue weighted by Gasteiger charge is -2.26. The molecule has 10 heteroatoms. The third kappa shape index (κ3) is 5.83. The fraction of sp³-hybridized carbons (Fsp3) is 0.333. The summed E-state index contributed by atoms with van der Waals surface area (Å²) in [5.74, 6) is -0.859. The zero-order valence-corrected chi connectivity index (χ0v) is 18.7. The zero-order chi connectivity index (χ0) is 23.9. The number of nitrogens with zero attached hydrogens (tertiary/aromatic N) is 3. The van der Waals surface area contributed by atoms with Crippen LogP contribution in [0.1, 0.15) is 12.8 Å². The van der Waals surface area contributed by atoms with Crippen LogP contribution in [-0.2, 0) is 14.3 Å². The molecule has 1 aromatic heterocycles. The summed E-state index contributed by atoms with van der Waals surface area (Å²) in [6, 6.07) is 3.44. The maximum Gasteiger partial charge on any atom is 0.247 e. The number of Topliss-reactive ketones (excluding diaryl/α,β-unsaturated/α-hetero) is 1. The number of nitrogens with one attached hydrogen (secondary N) is 2. The fourth-order valence-electron chi connectivity index (χ4n) is 3.70. The maximum atomic E-state index is 13.4. The number of amides is 1. The minimum atomic E-state index is -0.775. The topological polar surface area (TPSA) is 106 Å². The highest BCUT2D eigenvalue weighted by atomic mass is 19.1. The molecule has 0 spiro atoms. The van der Waals surface area contributed by atoms with Crippen LogP contribution in [-0.4, -0.2) is 66.0 Å². The van der Waals surface area contributed by atoms with Crippen LogP contribution in [0.5, 0.6) is 5.75 Å². The van der Waals surface area contributed by atoms with Crippen LogP contribution in [0.2, 0.25) is 0 Å². The van der Waals surface area contributed by atoms with Crippen molar-refractivity contribution >= 4 is 34.1 Å². The van der Waals surface area contributed by atoms with Crippen molar-refractivity contribution in [2.45, 2.75) is 12.8 Å². The van der Waals surface area contributed by atoms with Crippen LogP contribution in [0.15, 0.2) is 54.8 Å². The van der Waals surface area contributed by atoms with Gasteiger partial charge in [0.15, 0.2) is 11.6 Å². The maximum absolute atomic E-state index is 13.4. The average molecular weight is 468 g/mol. The fourth-order valence-corrected chi connectivity index (χ4v) is 3.70. The van der Waals surface area contributed by atoms with Gasteiger partial charge in [0.25, 0.3) is 0 Å². The molecule has 4 rings (SSSR count). The minimum Gasteiger partial charge on any atom is -0.491 e. The lowest BCUT2D eigenvalue weighted by Crippen LogP contribution is -2.37. The van der Waals surface area contributed by atoms with Crippen molar-refractivity contribution in [3.63, 3.8) is 0 Å². The Bertz CT molecular complexity index is 1160. The van der Waals surface area contributed by atoms with Gasteiger partial charge in [-0.15, -0.1) is 0 Å². The van der Waals surface area contributed by atoms with Gasteiger partial charge < -0.3 is 20.1 Å². The van der Waals surface area contributed by atoms with Gasteiger partial charge in [-0.3, -0.25) is 14.5 Å². The molecular weight excluding hydrogens is 441 g/mol. The van der Waals surface area contributed by atoms with E-state index in [-0.39, 0.29) is 12.3 Å². The Hall–Kier alpha value is -3.63. The number of hydrogen-bond acceptors (Lipinski definition) is 8. The monoisotopic (exact) mass is 467 g/mol. The van der Waals surface area contributed by atoms with Gasteiger partial charge in [-0.25, -0.2) is 14.4 Å². The lowest BCUT2D eigenvalue weighted by molar-refractivity contribution is -0.116. The third-order valence-electron chi connectivity index (χ3n) is 5.49. The van der Waals surface area contributed by atoms with Crippen LogP contribution >= 0.6 is 0 Å². The Balaban J connectivity index is 1.54. The van der Waals surface area contributed by atoms with Crippen LogP contribution in [0.25, 0.3) is 10.9 Å². The van der Waals surface area contributed by atoms with Crippen molar-refractivity contribution in [3.8, 4) is 5.75 Å². The van der Waals surface area contributed by atoms with Gasteiger partial charge in [0.05, 0.1) is 37.4 Å². The van der Waals surface area contributed by atoms with Gasteiger partial charge in [-0.05, 0) is 30.7 Å². The summed E-state index contributed by atoms with van der Waals surface area (Å²) in [4.78, 5) is 34.6. The van der Waals surface area contributed by atoms with Crippen LogP contribution in [0.3, 0.4) is 0 Å². The first-order chi connectivity index (χ1) is 16.5. The summed E-state index contributed by atoms with van der Waals surface area (Å²) in [6.45, 7) is 8.17. The van der Waals surface area contributed by atoms with Crippen molar-refractivity contribution in [3.05, 3.63) is 54.8 Å². The SMILES string of the molecule is C=CC(=O)Nc1cc2c(NC3=CC=C(F)C(=O)C3)ncnc2cc1OCCCN1CCOCC1. The summed E-state index contributed by atoms with van der Waals surface area (Å²) in [6.07, 6.45) is 5.89. The molecule has 2 aliphatic rings. The van der Waals surface area contributed by atoms with Gasteiger partial charge in [0, 0.05) is 36.8 Å². The van der Waals surface area contributed by atoms with Crippen molar-refractivity contribution in [2.24, 2.45) is 0 Å². The van der Waals surface area contributed by atoms with E-state index in [4.69, 9.17) is 9.47 Å². The van der Waals surface area contributed by atoms with E-state index in [1.807, 2.05) is 0 Å². The highest BCUT2D eigenvalue weighted by Crippen LogP contribution is 2.33. The second-order valence-electron chi connectivity index (χ2n) is 7.87. The second kappa shape index (κ2) is 11.0. The van der Waals surface area contributed by atoms with Crippen LogP contribution in [0, 0.1) is 0 Å². The Morgan fingerprint density at radius 1 is 1.26 bits per heavy atom. The quantitative estimate of drug-likeness (QED) is 0.428. The zero-order valence-electron chi connectivity index (χ0n) is 18.7. The molecule has 1 fully saturated rings. The first kappa shape index (κ1) is 23.5. The molecule has 1 aliphatic heterocycles. The molecule has 0 atom stereocenters. The molecular formula is C24H26FN5O4. The Morgan fingerprint density at radius 3 is 2.85 bits per heavy atom. The number of carbonyl (C=O) groups is 2. The Kier molecular flexibility index (Phi) is 7.61. The number of fused-ring (bicyclic) bond motifs is 1. The number of morpholine rings is 1. The highest BCUT2D eigenvalue weighted by Gasteiger charge is 2.18. The molecule has 0 saturated carbocycles. The Morgan fingerprint density at radius 2 is 2.09 bits per heavy atom. The van der Waals surface area contributed by atoms with Crippen LogP contribution < -0.4 is 15.4 Å². The van der Waals surface area contributed by atoms with Gasteiger partial charge in [0.2, 0.25) is 5.91 Å². The van der Waals surface area contributed by atoms with Gasteiger partial charge in [-0.2, -0.15) is 0 Å². The molecule has 0 bridgehead atoms. The Labute approximate surface area is 196 Å². The molecule has 1 amide bonds. The summed E-state index contributed by atoms with van der Waals surface area (Å²) >= 11 is 0. The van der Waals surface area contributed by atoms with E-state index in [2.05, 4.69) is 32.1 Å². The molecule has 1 aromatic carbocycles. The number of aromatic nitrogens is 2. The van der Waals surface area contributed by atoms with E-state index >= 15 is 0 Å². The number of ketones is 1. The molecule has 178 valence electrons. The molecule has 2 aromatic rings. The van der Waals surface area contributed by atoms with Gasteiger partial charge in [0.1, 0.15) is 17.9 Å². The summed E-state index contributed by atoms with van der Waals surface area (Å²) < 4.78 is 24.7. The van der Waals surface area contributed by atoms with E-state index < -0.39 is 11.6 Å². The minimum absolute atomic E-state index is 0.0990. The number of carbonyl (C=O) groups excluding carboxylic acids is 2. The van der Waals surface area contributed by atoms with Crippen molar-refractivity contribution in [1.29, 1.82) is 0 Å². The van der Waals surface area contributed by atoms with E-state index in [0.717, 1.165) is 45.3 Å². The molecule has 1 saturated heterocycles. The number of benzene rings is 1. The number of ether oxygens (including phenoxy) is 2. The normalized spacial score (nSPS) is 16.6. The second-order valence-corrected chi connectivity index (χ2v) is 7.87. The molecule has 2 N–H and O–H groups in total. The molecule has 34 heavy (non-hydrogen) atoms. The molecule has 0 unspecified atom stereocenters. The smallest absolute Gasteiger partial charge is 0.247 e. The lowest BCUT2D eigenvalue weighted by atomic mass is 10.1.